The van der Waals surface area contributed by atoms with Crippen molar-refractivity contribution in [1.82, 2.24) is 0 Å². The fraction of sp³-hybridized carbons (Fsp3) is 0.455. The number of hydrogen-bond donors (Lipinski definition) is 1. The summed E-state index contributed by atoms with van der Waals surface area (Å²) in [6, 6.07) is 7.44. The molecule has 1 aromatic carbocycles. The van der Waals surface area contributed by atoms with E-state index in [1.807, 2.05) is 31.2 Å². The molecular formula is C11H16O3. The minimum Gasteiger partial charge on any atom is -0.490 e. The van der Waals surface area contributed by atoms with E-state index in [0.29, 0.717) is 12.4 Å². The van der Waals surface area contributed by atoms with Gasteiger partial charge in [0.1, 0.15) is 6.61 Å². The van der Waals surface area contributed by atoms with E-state index in [0.717, 1.165) is 5.75 Å². The summed E-state index contributed by atoms with van der Waals surface area (Å²) in [7, 11) is 0. The minimum atomic E-state index is -0.468. The van der Waals surface area contributed by atoms with Crippen molar-refractivity contribution in [2.24, 2.45) is 0 Å². The largest absolute Gasteiger partial charge is 0.490 e. The molecule has 14 heavy (non-hydrogen) atoms. The van der Waals surface area contributed by atoms with E-state index in [1.165, 1.54) is 0 Å². The number of hydrogen-bond acceptors (Lipinski definition) is 3. The quantitative estimate of drug-likeness (QED) is 0.781. The molecule has 3 heteroatoms. The van der Waals surface area contributed by atoms with E-state index in [9.17, 15) is 0 Å². The fourth-order valence-corrected chi connectivity index (χ4v) is 1.05. The Morgan fingerprint density at radius 1 is 1.21 bits per heavy atom. The lowest BCUT2D eigenvalue weighted by molar-refractivity contribution is 0.120. The summed E-state index contributed by atoms with van der Waals surface area (Å²) in [6.45, 7) is 4.49. The first-order chi connectivity index (χ1) is 6.74. The summed E-state index contributed by atoms with van der Waals surface area (Å²) >= 11 is 0. The zero-order valence-corrected chi connectivity index (χ0v) is 8.56. The maximum atomic E-state index is 9.07. The number of aliphatic hydroxyl groups excluding tert-OH is 1. The van der Waals surface area contributed by atoms with Crippen molar-refractivity contribution in [1.29, 1.82) is 0 Å². The van der Waals surface area contributed by atoms with Gasteiger partial charge in [0.05, 0.1) is 12.7 Å². The lowest BCUT2D eigenvalue weighted by Gasteiger charge is -2.12. The molecule has 0 aliphatic heterocycles. The topological polar surface area (TPSA) is 38.7 Å². The molecule has 0 saturated heterocycles. The molecular weight excluding hydrogens is 180 g/mol. The summed E-state index contributed by atoms with van der Waals surface area (Å²) in [6.07, 6.45) is -0.468. The Hall–Kier alpha value is -1.22. The highest BCUT2D eigenvalue weighted by Gasteiger charge is 2.04. The van der Waals surface area contributed by atoms with Gasteiger partial charge in [-0.1, -0.05) is 12.1 Å². The Balaban J connectivity index is 2.64. The summed E-state index contributed by atoms with van der Waals surface area (Å²) in [4.78, 5) is 0. The van der Waals surface area contributed by atoms with Gasteiger partial charge in [-0.15, -0.1) is 0 Å². The Kier molecular flexibility index (Phi) is 4.26. The molecule has 1 rings (SSSR count). The van der Waals surface area contributed by atoms with Crippen molar-refractivity contribution in [2.45, 2.75) is 20.0 Å². The molecule has 0 amide bonds. The second-order valence-corrected chi connectivity index (χ2v) is 3.04. The van der Waals surface area contributed by atoms with Crippen molar-refractivity contribution in [3.05, 3.63) is 24.3 Å². The summed E-state index contributed by atoms with van der Waals surface area (Å²) in [5.41, 5.74) is 0. The maximum absolute atomic E-state index is 9.07. The number of rotatable bonds is 5. The molecule has 0 aliphatic carbocycles. The monoisotopic (exact) mass is 196 g/mol. The first kappa shape index (κ1) is 10.9. The molecule has 0 radical (unpaired) electrons. The van der Waals surface area contributed by atoms with Crippen molar-refractivity contribution >= 4 is 0 Å². The van der Waals surface area contributed by atoms with Gasteiger partial charge in [0.25, 0.3) is 0 Å². The molecule has 0 unspecified atom stereocenters. The fourth-order valence-electron chi connectivity index (χ4n) is 1.05. The Morgan fingerprint density at radius 2 is 1.79 bits per heavy atom. The van der Waals surface area contributed by atoms with E-state index in [2.05, 4.69) is 0 Å². The molecule has 0 aliphatic rings. The predicted octanol–water partition coefficient (Wildman–Crippen LogP) is 1.84. The zero-order chi connectivity index (χ0) is 10.4. The SMILES string of the molecule is CCOc1ccccc1OC[C@H](C)O. The lowest BCUT2D eigenvalue weighted by atomic mass is 10.3. The molecule has 1 aromatic rings. The van der Waals surface area contributed by atoms with Gasteiger partial charge in [0.2, 0.25) is 0 Å². The summed E-state index contributed by atoms with van der Waals surface area (Å²) in [5.74, 6) is 1.39. The van der Waals surface area contributed by atoms with E-state index in [-0.39, 0.29) is 6.61 Å². The van der Waals surface area contributed by atoms with Gasteiger partial charge < -0.3 is 14.6 Å². The second-order valence-electron chi connectivity index (χ2n) is 3.04. The van der Waals surface area contributed by atoms with Crippen LogP contribution in [0, 0.1) is 0 Å². The van der Waals surface area contributed by atoms with Crippen LogP contribution in [0.15, 0.2) is 24.3 Å². The van der Waals surface area contributed by atoms with Crippen molar-refractivity contribution < 1.29 is 14.6 Å². The third kappa shape index (κ3) is 3.26. The molecule has 0 fully saturated rings. The highest BCUT2D eigenvalue weighted by atomic mass is 16.5. The smallest absolute Gasteiger partial charge is 0.161 e. The van der Waals surface area contributed by atoms with E-state index in [4.69, 9.17) is 14.6 Å². The molecule has 0 bridgehead atoms. The van der Waals surface area contributed by atoms with Crippen molar-refractivity contribution in [3.63, 3.8) is 0 Å². The van der Waals surface area contributed by atoms with Gasteiger partial charge in [-0.25, -0.2) is 0 Å². The third-order valence-corrected chi connectivity index (χ3v) is 1.63. The number of aliphatic hydroxyl groups is 1. The highest BCUT2D eigenvalue weighted by Crippen LogP contribution is 2.26. The van der Waals surface area contributed by atoms with Crippen LogP contribution in [0.2, 0.25) is 0 Å². The van der Waals surface area contributed by atoms with Crippen molar-refractivity contribution in [2.75, 3.05) is 13.2 Å². The van der Waals surface area contributed by atoms with Crippen LogP contribution in [0.25, 0.3) is 0 Å². The molecule has 78 valence electrons. The first-order valence-electron chi connectivity index (χ1n) is 4.76. The van der Waals surface area contributed by atoms with Crippen LogP contribution < -0.4 is 9.47 Å². The first-order valence-corrected chi connectivity index (χ1v) is 4.76. The van der Waals surface area contributed by atoms with Crippen LogP contribution in [0.4, 0.5) is 0 Å². The molecule has 3 nitrogen and oxygen atoms in total. The number of benzene rings is 1. The van der Waals surface area contributed by atoms with Crippen LogP contribution in [0.5, 0.6) is 11.5 Å². The minimum absolute atomic E-state index is 0.282. The summed E-state index contributed by atoms with van der Waals surface area (Å²) in [5, 5.41) is 9.07. The lowest BCUT2D eigenvalue weighted by Crippen LogP contribution is -2.13. The molecule has 0 heterocycles. The number of ether oxygens (including phenoxy) is 2. The van der Waals surface area contributed by atoms with Gasteiger partial charge in [0.15, 0.2) is 11.5 Å². The standard InChI is InChI=1S/C11H16O3/c1-3-13-10-6-4-5-7-11(10)14-8-9(2)12/h4-7,9,12H,3,8H2,1-2H3/t9-/m0/s1. The second kappa shape index (κ2) is 5.50. The Morgan fingerprint density at radius 3 is 2.29 bits per heavy atom. The van der Waals surface area contributed by atoms with Crippen LogP contribution in [0.1, 0.15) is 13.8 Å². The number of para-hydroxylation sites is 2. The maximum Gasteiger partial charge on any atom is 0.161 e. The van der Waals surface area contributed by atoms with E-state index in [1.54, 1.807) is 6.92 Å². The van der Waals surface area contributed by atoms with Gasteiger partial charge in [-0.3, -0.25) is 0 Å². The van der Waals surface area contributed by atoms with E-state index < -0.39 is 6.10 Å². The average Bonchev–Trinajstić information content (AvgIpc) is 2.17. The Bertz CT molecular complexity index is 271. The molecule has 0 aromatic heterocycles. The van der Waals surface area contributed by atoms with Gasteiger partial charge >= 0.3 is 0 Å². The van der Waals surface area contributed by atoms with Crippen LogP contribution in [0.3, 0.4) is 0 Å². The highest BCUT2D eigenvalue weighted by molar-refractivity contribution is 5.39. The van der Waals surface area contributed by atoms with E-state index >= 15 is 0 Å². The molecule has 1 atom stereocenters. The van der Waals surface area contributed by atoms with Crippen LogP contribution in [-0.4, -0.2) is 24.4 Å². The van der Waals surface area contributed by atoms with Crippen molar-refractivity contribution in [3.8, 4) is 11.5 Å². The molecule has 1 N–H and O–H groups in total. The molecule has 0 saturated carbocycles. The zero-order valence-electron chi connectivity index (χ0n) is 8.56. The molecule has 0 spiro atoms. The average molecular weight is 196 g/mol. The van der Waals surface area contributed by atoms with Crippen LogP contribution >= 0.6 is 0 Å². The summed E-state index contributed by atoms with van der Waals surface area (Å²) < 4.78 is 10.7. The third-order valence-electron chi connectivity index (χ3n) is 1.63. The van der Waals surface area contributed by atoms with Gasteiger partial charge in [-0.05, 0) is 26.0 Å². The predicted molar refractivity (Wildman–Crippen MR) is 54.8 cm³/mol. The Labute approximate surface area is 84.3 Å². The van der Waals surface area contributed by atoms with Crippen LogP contribution in [-0.2, 0) is 0 Å². The van der Waals surface area contributed by atoms with Gasteiger partial charge in [-0.2, -0.15) is 0 Å². The van der Waals surface area contributed by atoms with Gasteiger partial charge in [0, 0.05) is 0 Å². The normalized spacial score (nSPS) is 12.2.